The molecule has 19 heavy (non-hydrogen) atoms. The van der Waals surface area contributed by atoms with Gasteiger partial charge in [-0.15, -0.1) is 23.4 Å². The van der Waals surface area contributed by atoms with Crippen LogP contribution in [-0.4, -0.2) is 23.7 Å². The van der Waals surface area contributed by atoms with Gasteiger partial charge in [0.15, 0.2) is 0 Å². The normalized spacial score (nSPS) is 11.5. The van der Waals surface area contributed by atoms with E-state index in [-0.39, 0.29) is 16.5 Å². The van der Waals surface area contributed by atoms with Crippen molar-refractivity contribution in [1.29, 1.82) is 0 Å². The number of thioether (sulfide) groups is 1. The van der Waals surface area contributed by atoms with E-state index in [1.54, 1.807) is 0 Å². The van der Waals surface area contributed by atoms with Crippen LogP contribution < -0.4 is 5.32 Å². The second-order valence-corrected chi connectivity index (χ2v) is 4.97. The minimum Gasteiger partial charge on any atom is -0.323 e. The molecule has 1 aromatic carbocycles. The Kier molecular flexibility index (Phi) is 5.49. The highest BCUT2D eigenvalue weighted by molar-refractivity contribution is 7.99. The zero-order valence-corrected chi connectivity index (χ0v) is 11.3. The summed E-state index contributed by atoms with van der Waals surface area (Å²) in [5.74, 6) is -2.79. The first-order valence-electron chi connectivity index (χ1n) is 5.08. The van der Waals surface area contributed by atoms with Crippen molar-refractivity contribution < 1.29 is 22.4 Å². The summed E-state index contributed by atoms with van der Waals surface area (Å²) in [6, 6.07) is 2.24. The van der Waals surface area contributed by atoms with Gasteiger partial charge in [-0.3, -0.25) is 4.79 Å². The average Bonchev–Trinajstić information content (AvgIpc) is 2.29. The molecule has 1 rings (SSSR count). The quantitative estimate of drug-likeness (QED) is 0.517. The fraction of sp³-hybridized carbons (Fsp3) is 0.364. The van der Waals surface area contributed by atoms with Crippen molar-refractivity contribution in [3.8, 4) is 0 Å². The molecule has 0 aromatic heterocycles. The molecule has 0 aliphatic carbocycles. The van der Waals surface area contributed by atoms with Crippen LogP contribution in [0.25, 0.3) is 0 Å². The minimum absolute atomic E-state index is 0.180. The smallest absolute Gasteiger partial charge is 0.323 e. The Balaban J connectivity index is 2.93. The van der Waals surface area contributed by atoms with Crippen molar-refractivity contribution in [2.45, 2.75) is 18.0 Å². The molecule has 1 aromatic rings. The highest BCUT2D eigenvalue weighted by Gasteiger charge is 2.27. The van der Waals surface area contributed by atoms with E-state index in [1.807, 2.05) is 0 Å². The Bertz CT molecular complexity index is 478. The van der Waals surface area contributed by atoms with Crippen LogP contribution in [0.2, 0.25) is 0 Å². The van der Waals surface area contributed by atoms with Gasteiger partial charge < -0.3 is 5.32 Å². The van der Waals surface area contributed by atoms with Crippen LogP contribution in [0.4, 0.5) is 23.2 Å². The molecule has 0 radical (unpaired) electrons. The van der Waals surface area contributed by atoms with Crippen LogP contribution in [0.3, 0.4) is 0 Å². The second-order valence-electron chi connectivity index (χ2n) is 3.68. The molecule has 0 saturated carbocycles. The number of anilines is 1. The Hall–Kier alpha value is -0.950. The number of carbonyl (C=O) groups is 1. The first-order valence-corrected chi connectivity index (χ1v) is 6.60. The number of carbonyl (C=O) groups excluding carboxylic acids is 1. The van der Waals surface area contributed by atoms with Crippen LogP contribution in [0.5, 0.6) is 0 Å². The number of alkyl halides is 4. The molecule has 0 fully saturated rings. The molecule has 0 unspecified atom stereocenters. The van der Waals surface area contributed by atoms with Crippen LogP contribution in [0, 0.1) is 12.7 Å². The molecule has 2 nitrogen and oxygen atoms in total. The van der Waals surface area contributed by atoms with E-state index in [4.69, 9.17) is 11.6 Å². The maximum Gasteiger partial charge on any atom is 0.398 e. The van der Waals surface area contributed by atoms with Crippen LogP contribution >= 0.6 is 23.4 Å². The van der Waals surface area contributed by atoms with Crippen LogP contribution in [-0.2, 0) is 4.79 Å². The maximum absolute atomic E-state index is 13.5. The molecule has 8 heteroatoms. The fourth-order valence-electron chi connectivity index (χ4n) is 1.25. The van der Waals surface area contributed by atoms with E-state index >= 15 is 0 Å². The SMILES string of the molecule is Cc1cc(F)c(NC(=O)CCl)cc1SCC(F)(F)F. The van der Waals surface area contributed by atoms with Gasteiger partial charge >= 0.3 is 6.18 Å². The second kappa shape index (κ2) is 6.47. The molecule has 0 spiro atoms. The summed E-state index contributed by atoms with van der Waals surface area (Å²) >= 11 is 5.79. The Morgan fingerprint density at radius 1 is 1.42 bits per heavy atom. The van der Waals surface area contributed by atoms with Crippen molar-refractivity contribution in [3.63, 3.8) is 0 Å². The van der Waals surface area contributed by atoms with Gasteiger partial charge in [-0.05, 0) is 24.6 Å². The lowest BCUT2D eigenvalue weighted by atomic mass is 10.2. The maximum atomic E-state index is 13.5. The molecule has 106 valence electrons. The average molecular weight is 316 g/mol. The zero-order chi connectivity index (χ0) is 14.6. The molecular weight excluding hydrogens is 306 g/mol. The van der Waals surface area contributed by atoms with Gasteiger partial charge in [-0.1, -0.05) is 0 Å². The first kappa shape index (κ1) is 16.1. The molecule has 1 amide bonds. The molecule has 0 saturated heterocycles. The van der Waals surface area contributed by atoms with E-state index < -0.39 is 23.7 Å². The zero-order valence-electron chi connectivity index (χ0n) is 9.78. The minimum atomic E-state index is -4.31. The predicted molar refractivity (Wildman–Crippen MR) is 67.3 cm³/mol. The largest absolute Gasteiger partial charge is 0.398 e. The van der Waals surface area contributed by atoms with Gasteiger partial charge in [-0.2, -0.15) is 13.2 Å². The van der Waals surface area contributed by atoms with Gasteiger partial charge in [0.1, 0.15) is 11.7 Å². The summed E-state index contributed by atoms with van der Waals surface area (Å²) in [6.07, 6.45) is -4.31. The van der Waals surface area contributed by atoms with Crippen molar-refractivity contribution in [3.05, 3.63) is 23.5 Å². The monoisotopic (exact) mass is 315 g/mol. The molecule has 0 aliphatic heterocycles. The standard InChI is InChI=1S/C11H10ClF4NOS/c1-6-2-7(13)8(17-10(18)4-12)3-9(6)19-5-11(14,15)16/h2-3H,4-5H2,1H3,(H,17,18). The lowest BCUT2D eigenvalue weighted by Gasteiger charge is -2.12. The summed E-state index contributed by atoms with van der Waals surface area (Å²) in [5, 5.41) is 2.18. The fourth-order valence-corrected chi connectivity index (χ4v) is 2.12. The first-order chi connectivity index (χ1) is 8.73. The van der Waals surface area contributed by atoms with E-state index in [0.717, 1.165) is 6.07 Å². The van der Waals surface area contributed by atoms with E-state index in [2.05, 4.69) is 5.32 Å². The number of amides is 1. The Morgan fingerprint density at radius 3 is 2.58 bits per heavy atom. The van der Waals surface area contributed by atoms with Gasteiger partial charge in [0.25, 0.3) is 0 Å². The van der Waals surface area contributed by atoms with Gasteiger partial charge in [-0.25, -0.2) is 4.39 Å². The highest BCUT2D eigenvalue weighted by Crippen LogP contribution is 2.32. The van der Waals surface area contributed by atoms with Crippen molar-refractivity contribution in [1.82, 2.24) is 0 Å². The molecule has 0 atom stereocenters. The number of rotatable bonds is 4. The van der Waals surface area contributed by atoms with Crippen LogP contribution in [0.15, 0.2) is 17.0 Å². The Labute approximate surface area is 116 Å². The number of aryl methyl sites for hydroxylation is 1. The summed E-state index contributed by atoms with van der Waals surface area (Å²) in [4.78, 5) is 11.3. The van der Waals surface area contributed by atoms with Gasteiger partial charge in [0, 0.05) is 4.90 Å². The number of hydrogen-bond donors (Lipinski definition) is 1. The number of hydrogen-bond acceptors (Lipinski definition) is 2. The number of halogens is 5. The van der Waals surface area contributed by atoms with E-state index in [0.29, 0.717) is 17.3 Å². The van der Waals surface area contributed by atoms with Gasteiger partial charge in [0.05, 0.1) is 11.4 Å². The summed E-state index contributed by atoms with van der Waals surface area (Å²) < 4.78 is 49.9. The van der Waals surface area contributed by atoms with Crippen molar-refractivity contribution in [2.75, 3.05) is 16.9 Å². The van der Waals surface area contributed by atoms with Crippen LogP contribution in [0.1, 0.15) is 5.56 Å². The number of nitrogens with one attached hydrogen (secondary N) is 1. The summed E-state index contributed by atoms with van der Waals surface area (Å²) in [5.41, 5.74) is 0.191. The molecular formula is C11H10ClF4NOS. The lowest BCUT2D eigenvalue weighted by Crippen LogP contribution is -2.14. The molecule has 0 bridgehead atoms. The van der Waals surface area contributed by atoms with Crippen molar-refractivity contribution in [2.24, 2.45) is 0 Å². The molecule has 0 heterocycles. The number of benzene rings is 1. The predicted octanol–water partition coefficient (Wildman–Crippen LogP) is 3.97. The topological polar surface area (TPSA) is 29.1 Å². The molecule has 0 aliphatic rings. The molecule has 1 N–H and O–H groups in total. The summed E-state index contributed by atoms with van der Waals surface area (Å²) in [6.45, 7) is 1.49. The highest BCUT2D eigenvalue weighted by atomic mass is 35.5. The third-order valence-corrected chi connectivity index (χ3v) is 3.52. The van der Waals surface area contributed by atoms with Gasteiger partial charge in [0.2, 0.25) is 5.91 Å². The van der Waals surface area contributed by atoms with E-state index in [1.165, 1.54) is 13.0 Å². The van der Waals surface area contributed by atoms with E-state index in [9.17, 15) is 22.4 Å². The Morgan fingerprint density at radius 2 is 2.05 bits per heavy atom. The third-order valence-electron chi connectivity index (χ3n) is 2.05. The lowest BCUT2D eigenvalue weighted by molar-refractivity contribution is -0.114. The third kappa shape index (κ3) is 5.28. The summed E-state index contributed by atoms with van der Waals surface area (Å²) in [7, 11) is 0. The van der Waals surface area contributed by atoms with Crippen molar-refractivity contribution >= 4 is 35.0 Å².